The van der Waals surface area contributed by atoms with Gasteiger partial charge in [-0.25, -0.2) is 0 Å². The average molecular weight is 839 g/mol. The molecular weight excluding hydrogens is 745 g/mol. The van der Waals surface area contributed by atoms with E-state index in [-0.39, 0.29) is 31.1 Å². The predicted molar refractivity (Wildman–Crippen MR) is 256 cm³/mol. The van der Waals surface area contributed by atoms with Crippen molar-refractivity contribution in [1.29, 1.82) is 0 Å². The number of carbonyl (C=O) groups excluding carboxylic acids is 3. The summed E-state index contributed by atoms with van der Waals surface area (Å²) in [4.78, 5) is 37.9. The number of esters is 3. The van der Waals surface area contributed by atoms with Crippen LogP contribution in [0.3, 0.4) is 0 Å². The van der Waals surface area contributed by atoms with E-state index < -0.39 is 6.10 Å². The van der Waals surface area contributed by atoms with Crippen LogP contribution in [0.1, 0.15) is 245 Å². The highest BCUT2D eigenvalue weighted by Crippen LogP contribution is 2.15. The molecule has 60 heavy (non-hydrogen) atoms. The molecule has 0 saturated heterocycles. The lowest BCUT2D eigenvalue weighted by molar-refractivity contribution is -0.167. The van der Waals surface area contributed by atoms with E-state index in [1.54, 1.807) is 0 Å². The van der Waals surface area contributed by atoms with E-state index in [9.17, 15) is 14.4 Å². The van der Waals surface area contributed by atoms with Gasteiger partial charge in [-0.1, -0.05) is 210 Å². The van der Waals surface area contributed by atoms with Crippen molar-refractivity contribution in [3.63, 3.8) is 0 Å². The second kappa shape index (κ2) is 48.8. The van der Waals surface area contributed by atoms with E-state index in [0.717, 1.165) is 109 Å². The zero-order valence-corrected chi connectivity index (χ0v) is 39.5. The fraction of sp³-hybridized carbons (Fsp3) is 0.759. The maximum absolute atomic E-state index is 12.8. The number of hydrogen-bond acceptors (Lipinski definition) is 6. The highest BCUT2D eigenvalue weighted by Gasteiger charge is 2.19. The summed E-state index contributed by atoms with van der Waals surface area (Å²) in [6, 6.07) is 0. The van der Waals surface area contributed by atoms with Crippen molar-refractivity contribution in [3.8, 4) is 0 Å². The van der Waals surface area contributed by atoms with Crippen LogP contribution < -0.4 is 0 Å². The lowest BCUT2D eigenvalue weighted by Crippen LogP contribution is -2.30. The Balaban J connectivity index is 4.42. The normalized spacial score (nSPS) is 12.5. The van der Waals surface area contributed by atoms with Gasteiger partial charge in [0.25, 0.3) is 0 Å². The van der Waals surface area contributed by atoms with Gasteiger partial charge < -0.3 is 14.2 Å². The molecule has 0 N–H and O–H groups in total. The summed E-state index contributed by atoms with van der Waals surface area (Å²) in [7, 11) is 0. The quantitative estimate of drug-likeness (QED) is 0.0263. The molecule has 6 heteroatoms. The third-order valence-electron chi connectivity index (χ3n) is 10.8. The van der Waals surface area contributed by atoms with Crippen molar-refractivity contribution in [2.45, 2.75) is 252 Å². The number of ether oxygens (including phenoxy) is 3. The van der Waals surface area contributed by atoms with E-state index in [1.165, 1.54) is 96.3 Å². The zero-order valence-electron chi connectivity index (χ0n) is 39.5. The number of rotatable bonds is 45. The van der Waals surface area contributed by atoms with Gasteiger partial charge >= 0.3 is 17.9 Å². The molecule has 1 unspecified atom stereocenters. The maximum Gasteiger partial charge on any atom is 0.306 e. The van der Waals surface area contributed by atoms with Crippen molar-refractivity contribution < 1.29 is 28.6 Å². The first-order chi connectivity index (χ1) is 29.5. The van der Waals surface area contributed by atoms with Crippen LogP contribution in [0.15, 0.2) is 60.8 Å². The molecule has 0 spiro atoms. The Labute approximate surface area is 370 Å². The van der Waals surface area contributed by atoms with Crippen LogP contribution in [-0.2, 0) is 28.6 Å². The van der Waals surface area contributed by atoms with E-state index >= 15 is 0 Å². The molecule has 0 fully saturated rings. The highest BCUT2D eigenvalue weighted by atomic mass is 16.6. The van der Waals surface area contributed by atoms with Crippen molar-refractivity contribution in [2.24, 2.45) is 0 Å². The van der Waals surface area contributed by atoms with Crippen LogP contribution in [0.25, 0.3) is 0 Å². The minimum absolute atomic E-state index is 0.0877. The molecule has 0 aromatic heterocycles. The van der Waals surface area contributed by atoms with E-state index in [1.807, 2.05) is 0 Å². The second-order valence-corrected chi connectivity index (χ2v) is 16.7. The summed E-state index contributed by atoms with van der Waals surface area (Å²) < 4.78 is 16.7. The largest absolute Gasteiger partial charge is 0.462 e. The van der Waals surface area contributed by atoms with Crippen LogP contribution in [0, 0.1) is 0 Å². The van der Waals surface area contributed by atoms with Crippen LogP contribution in [-0.4, -0.2) is 37.2 Å². The van der Waals surface area contributed by atoms with Crippen molar-refractivity contribution >= 4 is 17.9 Å². The van der Waals surface area contributed by atoms with Crippen LogP contribution in [0.5, 0.6) is 0 Å². The van der Waals surface area contributed by atoms with Gasteiger partial charge in [0.1, 0.15) is 13.2 Å². The second-order valence-electron chi connectivity index (χ2n) is 16.7. The molecule has 0 radical (unpaired) electrons. The SMILES string of the molecule is CC/C=C\C/C=C\C/C=C\CCCCCC(=O)OCC(COC(=O)CCCCCCCCCCCCCCCCC)OC(=O)CCCCCCC/C=C\C/C=C\CCCC. The highest BCUT2D eigenvalue weighted by molar-refractivity contribution is 5.71. The summed E-state index contributed by atoms with van der Waals surface area (Å²) in [5.74, 6) is -0.929. The fourth-order valence-electron chi connectivity index (χ4n) is 6.94. The number of hydrogen-bond donors (Lipinski definition) is 0. The Morgan fingerprint density at radius 3 is 1.08 bits per heavy atom. The molecule has 0 aliphatic carbocycles. The fourth-order valence-corrected chi connectivity index (χ4v) is 6.94. The number of unbranched alkanes of at least 4 members (excludes halogenated alkanes) is 24. The van der Waals surface area contributed by atoms with Crippen molar-refractivity contribution in [2.75, 3.05) is 13.2 Å². The van der Waals surface area contributed by atoms with Gasteiger partial charge in [-0.05, 0) is 77.0 Å². The molecule has 0 heterocycles. The molecule has 0 aliphatic rings. The maximum atomic E-state index is 12.8. The van der Waals surface area contributed by atoms with E-state index in [2.05, 4.69) is 81.5 Å². The summed E-state index contributed by atoms with van der Waals surface area (Å²) in [5.41, 5.74) is 0. The van der Waals surface area contributed by atoms with Gasteiger partial charge in [0.05, 0.1) is 0 Å². The Hall–Kier alpha value is -2.89. The van der Waals surface area contributed by atoms with Crippen LogP contribution in [0.2, 0.25) is 0 Å². The van der Waals surface area contributed by atoms with Crippen molar-refractivity contribution in [1.82, 2.24) is 0 Å². The molecule has 0 aromatic carbocycles. The lowest BCUT2D eigenvalue weighted by atomic mass is 10.0. The first-order valence-corrected chi connectivity index (χ1v) is 25.3. The molecule has 0 bridgehead atoms. The monoisotopic (exact) mass is 839 g/mol. The zero-order chi connectivity index (χ0) is 43.7. The van der Waals surface area contributed by atoms with Gasteiger partial charge in [0.2, 0.25) is 0 Å². The first kappa shape index (κ1) is 57.1. The molecule has 346 valence electrons. The lowest BCUT2D eigenvalue weighted by Gasteiger charge is -2.18. The number of allylic oxidation sites excluding steroid dienone is 10. The smallest absolute Gasteiger partial charge is 0.306 e. The summed E-state index contributed by atoms with van der Waals surface area (Å²) in [6.07, 6.45) is 59.2. The minimum Gasteiger partial charge on any atom is -0.462 e. The van der Waals surface area contributed by atoms with Gasteiger partial charge in [-0.2, -0.15) is 0 Å². The van der Waals surface area contributed by atoms with Crippen molar-refractivity contribution in [3.05, 3.63) is 60.8 Å². The Morgan fingerprint density at radius 1 is 0.350 bits per heavy atom. The Morgan fingerprint density at radius 2 is 0.667 bits per heavy atom. The van der Waals surface area contributed by atoms with E-state index in [0.29, 0.717) is 19.3 Å². The Kier molecular flexibility index (Phi) is 46.4. The third-order valence-corrected chi connectivity index (χ3v) is 10.8. The Bertz CT molecular complexity index is 1100. The summed E-state index contributed by atoms with van der Waals surface area (Å²) in [5, 5.41) is 0. The summed E-state index contributed by atoms with van der Waals surface area (Å²) >= 11 is 0. The minimum atomic E-state index is -0.790. The molecule has 0 saturated carbocycles. The molecule has 0 aromatic rings. The van der Waals surface area contributed by atoms with Gasteiger partial charge in [0.15, 0.2) is 6.10 Å². The third kappa shape index (κ3) is 46.2. The molecule has 0 rings (SSSR count). The van der Waals surface area contributed by atoms with Gasteiger partial charge in [-0.15, -0.1) is 0 Å². The van der Waals surface area contributed by atoms with E-state index in [4.69, 9.17) is 14.2 Å². The van der Waals surface area contributed by atoms with Crippen LogP contribution >= 0.6 is 0 Å². The van der Waals surface area contributed by atoms with Crippen LogP contribution in [0.4, 0.5) is 0 Å². The van der Waals surface area contributed by atoms with Gasteiger partial charge in [0, 0.05) is 19.3 Å². The molecule has 1 atom stereocenters. The number of carbonyl (C=O) groups is 3. The predicted octanol–water partition coefficient (Wildman–Crippen LogP) is 16.5. The molecule has 0 aliphatic heterocycles. The summed E-state index contributed by atoms with van der Waals surface area (Å²) in [6.45, 7) is 6.45. The first-order valence-electron chi connectivity index (χ1n) is 25.3. The molecular formula is C54H94O6. The van der Waals surface area contributed by atoms with Gasteiger partial charge in [-0.3, -0.25) is 14.4 Å². The topological polar surface area (TPSA) is 78.9 Å². The standard InChI is InChI=1S/C54H94O6/c1-4-7-10-13-16-19-22-25-27-30-32-35-38-41-44-47-53(56)59-50-51(49-58-52(55)46-43-40-37-34-31-28-24-21-18-15-12-9-6-3)60-54(57)48-45-42-39-36-33-29-26-23-20-17-14-11-8-5-2/h9,12,14,17-18,21,23,26,28,31,51H,4-8,10-11,13,15-16,19-20,22,24-25,27,29-30,32-50H2,1-3H3/b12-9-,17-14-,21-18-,26-23-,31-28-. The molecule has 0 amide bonds. The molecule has 6 nitrogen and oxygen atoms in total. The average Bonchev–Trinajstić information content (AvgIpc) is 3.24.